The molecule has 114 valence electrons. The summed E-state index contributed by atoms with van der Waals surface area (Å²) in [6, 6.07) is -0.657. The van der Waals surface area contributed by atoms with Crippen LogP contribution in [0.25, 0.3) is 0 Å². The van der Waals surface area contributed by atoms with E-state index in [2.05, 4.69) is 5.32 Å². The molecule has 1 aliphatic carbocycles. The molecule has 2 fully saturated rings. The minimum absolute atomic E-state index is 0.0819. The number of likely N-dealkylation sites (tertiary alicyclic amines) is 1. The number of amides is 2. The van der Waals surface area contributed by atoms with Gasteiger partial charge in [0.05, 0.1) is 6.10 Å². The lowest BCUT2D eigenvalue weighted by atomic mass is 9.79. The van der Waals surface area contributed by atoms with E-state index in [-0.39, 0.29) is 24.4 Å². The Labute approximate surface area is 119 Å². The van der Waals surface area contributed by atoms with E-state index in [0.29, 0.717) is 6.42 Å². The molecule has 0 spiro atoms. The maximum Gasteiger partial charge on any atom is 0.240 e. The third kappa shape index (κ3) is 3.12. The van der Waals surface area contributed by atoms with Gasteiger partial charge in [0.25, 0.3) is 0 Å². The quantitative estimate of drug-likeness (QED) is 0.663. The first kappa shape index (κ1) is 15.3. The molecule has 0 radical (unpaired) electrons. The van der Waals surface area contributed by atoms with Crippen LogP contribution in [0.4, 0.5) is 0 Å². The summed E-state index contributed by atoms with van der Waals surface area (Å²) in [4.78, 5) is 25.4. The van der Waals surface area contributed by atoms with Gasteiger partial charge in [-0.15, -0.1) is 0 Å². The molecule has 2 atom stereocenters. The standard InChI is InChI=1S/C14H25N3O3/c1-16-14(5-3-2-4-6-14)8-12(19)17-9-10(18)7-11(17)13(15)20/h10-11,16,18H,2-9H2,1H3,(H2,15,20). The van der Waals surface area contributed by atoms with E-state index in [4.69, 9.17) is 5.73 Å². The van der Waals surface area contributed by atoms with Crippen molar-refractivity contribution in [2.75, 3.05) is 13.6 Å². The van der Waals surface area contributed by atoms with Crippen LogP contribution in [0.1, 0.15) is 44.9 Å². The van der Waals surface area contributed by atoms with E-state index in [1.807, 2.05) is 7.05 Å². The number of nitrogens with two attached hydrogens (primary N) is 1. The Hall–Kier alpha value is -1.14. The monoisotopic (exact) mass is 283 g/mol. The molecule has 0 aromatic heterocycles. The zero-order chi connectivity index (χ0) is 14.8. The fraction of sp³-hybridized carbons (Fsp3) is 0.857. The number of nitrogens with zero attached hydrogens (tertiary/aromatic N) is 1. The molecular weight excluding hydrogens is 258 g/mol. The van der Waals surface area contributed by atoms with Crippen molar-refractivity contribution in [3.8, 4) is 0 Å². The zero-order valence-corrected chi connectivity index (χ0v) is 12.1. The lowest BCUT2D eigenvalue weighted by molar-refractivity contribution is -0.138. The lowest BCUT2D eigenvalue weighted by Crippen LogP contribution is -2.51. The van der Waals surface area contributed by atoms with Crippen LogP contribution in [0, 0.1) is 0 Å². The fourth-order valence-corrected chi connectivity index (χ4v) is 3.49. The molecule has 2 amide bonds. The van der Waals surface area contributed by atoms with Crippen LogP contribution in [0.5, 0.6) is 0 Å². The third-order valence-electron chi connectivity index (χ3n) is 4.76. The van der Waals surface area contributed by atoms with Gasteiger partial charge in [0, 0.05) is 24.9 Å². The van der Waals surface area contributed by atoms with E-state index in [9.17, 15) is 14.7 Å². The highest BCUT2D eigenvalue weighted by molar-refractivity contribution is 5.87. The van der Waals surface area contributed by atoms with Crippen molar-refractivity contribution >= 4 is 11.8 Å². The maximum absolute atomic E-state index is 12.5. The Morgan fingerprint density at radius 3 is 2.55 bits per heavy atom. The van der Waals surface area contributed by atoms with Gasteiger partial charge in [-0.3, -0.25) is 9.59 Å². The SMILES string of the molecule is CNC1(CC(=O)N2CC(O)CC2C(N)=O)CCCCC1. The first-order valence-electron chi connectivity index (χ1n) is 7.43. The second-order valence-electron chi connectivity index (χ2n) is 6.12. The number of nitrogens with one attached hydrogen (secondary N) is 1. The minimum Gasteiger partial charge on any atom is -0.391 e. The first-order chi connectivity index (χ1) is 9.47. The molecule has 6 nitrogen and oxygen atoms in total. The number of aliphatic hydroxyl groups is 1. The Morgan fingerprint density at radius 1 is 1.35 bits per heavy atom. The number of rotatable bonds is 4. The summed E-state index contributed by atoms with van der Waals surface area (Å²) in [5.74, 6) is -0.612. The van der Waals surface area contributed by atoms with E-state index < -0.39 is 18.1 Å². The van der Waals surface area contributed by atoms with Gasteiger partial charge >= 0.3 is 0 Å². The van der Waals surface area contributed by atoms with Crippen LogP contribution < -0.4 is 11.1 Å². The smallest absolute Gasteiger partial charge is 0.240 e. The van der Waals surface area contributed by atoms with Crippen molar-refractivity contribution in [3.63, 3.8) is 0 Å². The topological polar surface area (TPSA) is 95.7 Å². The van der Waals surface area contributed by atoms with Crippen LogP contribution in [-0.2, 0) is 9.59 Å². The molecule has 1 heterocycles. The number of carbonyl (C=O) groups excluding carboxylic acids is 2. The molecular formula is C14H25N3O3. The summed E-state index contributed by atoms with van der Waals surface area (Å²) >= 11 is 0. The van der Waals surface area contributed by atoms with Crippen molar-refractivity contribution in [2.24, 2.45) is 5.73 Å². The Morgan fingerprint density at radius 2 is 2.00 bits per heavy atom. The van der Waals surface area contributed by atoms with Gasteiger partial charge in [-0.05, 0) is 19.9 Å². The van der Waals surface area contributed by atoms with E-state index in [0.717, 1.165) is 25.7 Å². The van der Waals surface area contributed by atoms with E-state index in [1.165, 1.54) is 11.3 Å². The summed E-state index contributed by atoms with van der Waals surface area (Å²) < 4.78 is 0. The highest BCUT2D eigenvalue weighted by Crippen LogP contribution is 2.32. The second-order valence-corrected chi connectivity index (χ2v) is 6.12. The number of hydrogen-bond acceptors (Lipinski definition) is 4. The lowest BCUT2D eigenvalue weighted by Gasteiger charge is -2.38. The molecule has 0 bridgehead atoms. The molecule has 0 aromatic carbocycles. The number of β-amino-alcohol motifs (C(OH)–C–C–N with tert-alkyl or cyclic N) is 1. The number of primary amides is 1. The van der Waals surface area contributed by atoms with Crippen molar-refractivity contribution < 1.29 is 14.7 Å². The summed E-state index contributed by atoms with van der Waals surface area (Å²) in [6.07, 6.45) is 5.40. The van der Waals surface area contributed by atoms with Gasteiger partial charge in [-0.1, -0.05) is 19.3 Å². The zero-order valence-electron chi connectivity index (χ0n) is 12.1. The van der Waals surface area contributed by atoms with Crippen LogP contribution in [0.15, 0.2) is 0 Å². The molecule has 1 saturated heterocycles. The van der Waals surface area contributed by atoms with Crippen LogP contribution in [0.3, 0.4) is 0 Å². The van der Waals surface area contributed by atoms with Crippen LogP contribution >= 0.6 is 0 Å². The summed E-state index contributed by atoms with van der Waals surface area (Å²) in [5, 5.41) is 13.0. The predicted octanol–water partition coefficient (Wildman–Crippen LogP) is -0.254. The minimum atomic E-state index is -0.657. The van der Waals surface area contributed by atoms with Gasteiger partial charge in [0.15, 0.2) is 0 Å². The van der Waals surface area contributed by atoms with Gasteiger partial charge < -0.3 is 21.1 Å². The van der Waals surface area contributed by atoms with E-state index >= 15 is 0 Å². The van der Waals surface area contributed by atoms with Crippen molar-refractivity contribution in [1.29, 1.82) is 0 Å². The van der Waals surface area contributed by atoms with Gasteiger partial charge in [0.1, 0.15) is 6.04 Å². The second kappa shape index (κ2) is 6.10. The molecule has 1 aliphatic heterocycles. The molecule has 0 aromatic rings. The molecule has 20 heavy (non-hydrogen) atoms. The molecule has 1 saturated carbocycles. The van der Waals surface area contributed by atoms with E-state index in [1.54, 1.807) is 0 Å². The van der Waals surface area contributed by atoms with Gasteiger partial charge in [-0.2, -0.15) is 0 Å². The first-order valence-corrected chi connectivity index (χ1v) is 7.43. The van der Waals surface area contributed by atoms with Crippen LogP contribution in [-0.4, -0.2) is 53.1 Å². The molecule has 2 rings (SSSR count). The van der Waals surface area contributed by atoms with Crippen LogP contribution in [0.2, 0.25) is 0 Å². The molecule has 4 N–H and O–H groups in total. The summed E-state index contributed by atoms with van der Waals surface area (Å²) in [5.41, 5.74) is 5.17. The average Bonchev–Trinajstić information content (AvgIpc) is 2.82. The molecule has 2 aliphatic rings. The fourth-order valence-electron chi connectivity index (χ4n) is 3.49. The van der Waals surface area contributed by atoms with Crippen molar-refractivity contribution in [2.45, 2.75) is 62.6 Å². The predicted molar refractivity (Wildman–Crippen MR) is 74.8 cm³/mol. The van der Waals surface area contributed by atoms with Crippen molar-refractivity contribution in [1.82, 2.24) is 10.2 Å². The Bertz CT molecular complexity index is 380. The van der Waals surface area contributed by atoms with Gasteiger partial charge in [-0.25, -0.2) is 0 Å². The molecule has 2 unspecified atom stereocenters. The molecule has 6 heteroatoms. The highest BCUT2D eigenvalue weighted by Gasteiger charge is 2.41. The summed E-state index contributed by atoms with van der Waals surface area (Å²) in [6.45, 7) is 0.215. The average molecular weight is 283 g/mol. The number of carbonyl (C=O) groups is 2. The largest absolute Gasteiger partial charge is 0.391 e. The number of hydrogen-bond donors (Lipinski definition) is 3. The maximum atomic E-state index is 12.5. The third-order valence-corrected chi connectivity index (χ3v) is 4.76. The Balaban J connectivity index is 2.04. The Kier molecular flexibility index (Phi) is 4.65. The summed E-state index contributed by atoms with van der Waals surface area (Å²) in [7, 11) is 1.89. The number of aliphatic hydroxyl groups excluding tert-OH is 1. The highest BCUT2D eigenvalue weighted by atomic mass is 16.3. The normalized spacial score (nSPS) is 29.4. The van der Waals surface area contributed by atoms with Gasteiger partial charge in [0.2, 0.25) is 11.8 Å². The van der Waals surface area contributed by atoms with Crippen molar-refractivity contribution in [3.05, 3.63) is 0 Å².